The van der Waals surface area contributed by atoms with E-state index in [9.17, 15) is 4.79 Å². The Balaban J connectivity index is 1.56. The van der Waals surface area contributed by atoms with Crippen molar-refractivity contribution in [2.75, 3.05) is 5.32 Å². The van der Waals surface area contributed by atoms with Gasteiger partial charge < -0.3 is 14.2 Å². The number of aromatic nitrogens is 1. The molecule has 0 fully saturated rings. The van der Waals surface area contributed by atoms with Crippen molar-refractivity contribution in [1.29, 1.82) is 0 Å². The third-order valence-electron chi connectivity index (χ3n) is 3.97. The highest BCUT2D eigenvalue weighted by molar-refractivity contribution is 6.02. The van der Waals surface area contributed by atoms with Crippen LogP contribution in [0.5, 0.6) is 0 Å². The van der Waals surface area contributed by atoms with Crippen LogP contribution in [0.15, 0.2) is 75.8 Å². The number of hydrogen-bond acceptors (Lipinski definition) is 4. The Bertz CT molecular complexity index is 1090. The second kappa shape index (κ2) is 6.72. The van der Waals surface area contributed by atoms with Crippen LogP contribution in [0.1, 0.15) is 11.3 Å². The summed E-state index contributed by atoms with van der Waals surface area (Å²) in [5, 5.41) is 2.81. The molecule has 0 saturated heterocycles. The van der Waals surface area contributed by atoms with E-state index >= 15 is 0 Å². The predicted octanol–water partition coefficient (Wildman–Crippen LogP) is 5.05. The first-order valence-corrected chi connectivity index (χ1v) is 8.18. The number of furan rings is 1. The van der Waals surface area contributed by atoms with Crippen LogP contribution >= 0.6 is 0 Å². The van der Waals surface area contributed by atoms with Gasteiger partial charge in [-0.2, -0.15) is 0 Å². The van der Waals surface area contributed by atoms with E-state index < -0.39 is 0 Å². The number of carbonyl (C=O) groups excluding carboxylic acids is 1. The fraction of sp³-hybridized carbons (Fsp3) is 0.0476. The number of benzene rings is 2. The zero-order valence-electron chi connectivity index (χ0n) is 14.1. The van der Waals surface area contributed by atoms with Crippen LogP contribution < -0.4 is 5.32 Å². The van der Waals surface area contributed by atoms with Crippen molar-refractivity contribution in [2.24, 2.45) is 0 Å². The summed E-state index contributed by atoms with van der Waals surface area (Å²) in [4.78, 5) is 16.6. The van der Waals surface area contributed by atoms with Gasteiger partial charge in [0.15, 0.2) is 5.58 Å². The molecule has 0 atom stereocenters. The minimum atomic E-state index is -0.247. The van der Waals surface area contributed by atoms with Crippen molar-refractivity contribution in [3.05, 3.63) is 78.3 Å². The number of nitrogens with one attached hydrogen (secondary N) is 1. The minimum Gasteiger partial charge on any atom is -0.465 e. The van der Waals surface area contributed by atoms with Gasteiger partial charge in [-0.05, 0) is 55.0 Å². The normalized spacial score (nSPS) is 11.3. The number of carbonyl (C=O) groups is 1. The summed E-state index contributed by atoms with van der Waals surface area (Å²) in [5.74, 6) is 0.942. The summed E-state index contributed by atoms with van der Waals surface area (Å²) in [6.45, 7) is 2.02. The maximum atomic E-state index is 12.0. The lowest BCUT2D eigenvalue weighted by atomic mass is 10.1. The van der Waals surface area contributed by atoms with Gasteiger partial charge in [0, 0.05) is 17.3 Å². The Kier molecular flexibility index (Phi) is 4.11. The topological polar surface area (TPSA) is 68.3 Å². The molecule has 4 aromatic rings. The molecule has 1 N–H and O–H groups in total. The van der Waals surface area contributed by atoms with Gasteiger partial charge in [-0.1, -0.05) is 18.2 Å². The highest BCUT2D eigenvalue weighted by Gasteiger charge is 2.11. The SMILES string of the molecule is Cc1ccccc1-c1nc2cc(NC(=O)/C=C/c3ccco3)ccc2o1. The van der Waals surface area contributed by atoms with Gasteiger partial charge in [0.2, 0.25) is 11.8 Å². The highest BCUT2D eigenvalue weighted by atomic mass is 16.3. The van der Waals surface area contributed by atoms with E-state index in [0.717, 1.165) is 11.1 Å². The molecule has 2 heterocycles. The molecule has 0 aliphatic carbocycles. The highest BCUT2D eigenvalue weighted by Crippen LogP contribution is 2.28. The maximum Gasteiger partial charge on any atom is 0.248 e. The van der Waals surface area contributed by atoms with Crippen molar-refractivity contribution in [2.45, 2.75) is 6.92 Å². The standard InChI is InChI=1S/C21H16N2O3/c1-14-5-2-3-7-17(14)21-23-18-13-15(8-10-19(18)26-21)22-20(24)11-9-16-6-4-12-25-16/h2-13H,1H3,(H,22,24)/b11-9+. The number of rotatable bonds is 4. The average molecular weight is 344 g/mol. The fourth-order valence-electron chi connectivity index (χ4n) is 2.66. The summed E-state index contributed by atoms with van der Waals surface area (Å²) in [6.07, 6.45) is 4.59. The number of fused-ring (bicyclic) bond motifs is 1. The number of anilines is 1. The van der Waals surface area contributed by atoms with E-state index in [4.69, 9.17) is 8.83 Å². The first-order chi connectivity index (χ1) is 12.7. The van der Waals surface area contributed by atoms with E-state index in [2.05, 4.69) is 10.3 Å². The van der Waals surface area contributed by atoms with Crippen LogP contribution in [-0.4, -0.2) is 10.9 Å². The lowest BCUT2D eigenvalue weighted by Crippen LogP contribution is -2.07. The summed E-state index contributed by atoms with van der Waals surface area (Å²) in [6, 6.07) is 16.8. The molecule has 5 nitrogen and oxygen atoms in total. The number of nitrogens with zero attached hydrogens (tertiary/aromatic N) is 1. The first-order valence-electron chi connectivity index (χ1n) is 8.18. The van der Waals surface area contributed by atoms with Crippen LogP contribution in [0.3, 0.4) is 0 Å². The van der Waals surface area contributed by atoms with Crippen molar-refractivity contribution < 1.29 is 13.6 Å². The van der Waals surface area contributed by atoms with Gasteiger partial charge in [0.05, 0.1) is 6.26 Å². The second-order valence-electron chi connectivity index (χ2n) is 5.85. The second-order valence-corrected chi connectivity index (χ2v) is 5.85. The Morgan fingerprint density at radius 1 is 1.12 bits per heavy atom. The summed E-state index contributed by atoms with van der Waals surface area (Å²) in [5.41, 5.74) is 4.06. The number of amides is 1. The van der Waals surface area contributed by atoms with E-state index in [-0.39, 0.29) is 5.91 Å². The fourth-order valence-corrected chi connectivity index (χ4v) is 2.66. The van der Waals surface area contributed by atoms with Gasteiger partial charge in [-0.25, -0.2) is 4.98 Å². The van der Waals surface area contributed by atoms with Crippen LogP contribution in [0.2, 0.25) is 0 Å². The lowest BCUT2D eigenvalue weighted by Gasteiger charge is -2.00. The molecule has 26 heavy (non-hydrogen) atoms. The molecule has 0 bridgehead atoms. The predicted molar refractivity (Wildman–Crippen MR) is 101 cm³/mol. The molecule has 0 aliphatic heterocycles. The largest absolute Gasteiger partial charge is 0.465 e. The number of aryl methyl sites for hydroxylation is 1. The van der Waals surface area contributed by atoms with Crippen molar-refractivity contribution >= 4 is 28.8 Å². The summed E-state index contributed by atoms with van der Waals surface area (Å²) < 4.78 is 11.0. The quantitative estimate of drug-likeness (QED) is 0.526. The zero-order valence-corrected chi connectivity index (χ0v) is 14.1. The maximum absolute atomic E-state index is 12.0. The van der Waals surface area contributed by atoms with Crippen molar-refractivity contribution in [3.63, 3.8) is 0 Å². The smallest absolute Gasteiger partial charge is 0.248 e. The lowest BCUT2D eigenvalue weighted by molar-refractivity contribution is -0.111. The molecule has 5 heteroatoms. The van der Waals surface area contributed by atoms with Crippen LogP contribution in [0.25, 0.3) is 28.6 Å². The average Bonchev–Trinajstić information content (AvgIpc) is 3.29. The molecule has 4 rings (SSSR count). The van der Waals surface area contributed by atoms with Gasteiger partial charge >= 0.3 is 0 Å². The molecule has 0 radical (unpaired) electrons. The molecule has 0 saturated carbocycles. The third-order valence-corrected chi connectivity index (χ3v) is 3.97. The van der Waals surface area contributed by atoms with Crippen molar-refractivity contribution in [1.82, 2.24) is 4.98 Å². The van der Waals surface area contributed by atoms with Crippen LogP contribution in [0, 0.1) is 6.92 Å². The molecule has 2 aromatic carbocycles. The van der Waals surface area contributed by atoms with E-state index in [0.29, 0.717) is 28.4 Å². The van der Waals surface area contributed by atoms with Crippen molar-refractivity contribution in [3.8, 4) is 11.5 Å². The minimum absolute atomic E-state index is 0.247. The van der Waals surface area contributed by atoms with E-state index in [1.165, 1.54) is 6.08 Å². The molecule has 0 spiro atoms. The van der Waals surface area contributed by atoms with Gasteiger partial charge in [-0.15, -0.1) is 0 Å². The summed E-state index contributed by atoms with van der Waals surface area (Å²) in [7, 11) is 0. The number of hydrogen-bond donors (Lipinski definition) is 1. The van der Waals surface area contributed by atoms with Crippen LogP contribution in [-0.2, 0) is 4.79 Å². The Morgan fingerprint density at radius 2 is 2.00 bits per heavy atom. The zero-order chi connectivity index (χ0) is 17.9. The molecule has 0 unspecified atom stereocenters. The monoisotopic (exact) mass is 344 g/mol. The molecule has 0 aliphatic rings. The number of oxazole rings is 1. The molecule has 128 valence electrons. The Morgan fingerprint density at radius 3 is 2.81 bits per heavy atom. The molecule has 1 amide bonds. The van der Waals surface area contributed by atoms with E-state index in [1.54, 1.807) is 42.7 Å². The van der Waals surface area contributed by atoms with Crippen LogP contribution in [0.4, 0.5) is 5.69 Å². The third kappa shape index (κ3) is 3.28. The van der Waals surface area contributed by atoms with E-state index in [1.807, 2.05) is 31.2 Å². The summed E-state index contributed by atoms with van der Waals surface area (Å²) >= 11 is 0. The van der Waals surface area contributed by atoms with Gasteiger partial charge in [0.1, 0.15) is 11.3 Å². The Hall–Kier alpha value is -3.60. The molecular formula is C21H16N2O3. The molecule has 2 aromatic heterocycles. The van der Waals surface area contributed by atoms with Gasteiger partial charge in [-0.3, -0.25) is 4.79 Å². The van der Waals surface area contributed by atoms with Gasteiger partial charge in [0.25, 0.3) is 0 Å². The Labute approximate surface area is 150 Å². The first kappa shape index (κ1) is 15.9. The molecular weight excluding hydrogens is 328 g/mol.